The van der Waals surface area contributed by atoms with Crippen molar-refractivity contribution in [3.8, 4) is 0 Å². The molecular formula is C49H94O6. The molecule has 0 aliphatic heterocycles. The van der Waals surface area contributed by atoms with Gasteiger partial charge in [-0.15, -0.1) is 0 Å². The average molecular weight is 779 g/mol. The Morgan fingerprint density at radius 3 is 0.891 bits per heavy atom. The maximum absolute atomic E-state index is 12.7. The SMILES string of the molecule is CCCCCCCCCCCCCCC(=O)O[C@H](COC(=O)CCCCCCCCCCCCCCCC(C)C)COC(=O)CCCCCCCCC(C)C. The summed E-state index contributed by atoms with van der Waals surface area (Å²) in [7, 11) is 0. The van der Waals surface area contributed by atoms with Gasteiger partial charge in [0.1, 0.15) is 13.2 Å². The molecule has 0 heterocycles. The van der Waals surface area contributed by atoms with Crippen molar-refractivity contribution in [2.24, 2.45) is 11.8 Å². The topological polar surface area (TPSA) is 78.9 Å². The Hall–Kier alpha value is -1.59. The summed E-state index contributed by atoms with van der Waals surface area (Å²) in [5, 5.41) is 0. The number of rotatable bonds is 43. The minimum Gasteiger partial charge on any atom is -0.462 e. The van der Waals surface area contributed by atoms with Crippen LogP contribution in [0, 0.1) is 11.8 Å². The van der Waals surface area contributed by atoms with Gasteiger partial charge in [0.15, 0.2) is 6.10 Å². The third kappa shape index (κ3) is 43.4. The molecule has 0 bridgehead atoms. The lowest BCUT2D eigenvalue weighted by molar-refractivity contribution is -0.167. The Kier molecular flexibility index (Phi) is 40.8. The van der Waals surface area contributed by atoms with E-state index in [0.29, 0.717) is 19.3 Å². The van der Waals surface area contributed by atoms with Crippen LogP contribution in [-0.4, -0.2) is 37.2 Å². The molecule has 0 radical (unpaired) electrons. The molecule has 6 nitrogen and oxygen atoms in total. The lowest BCUT2D eigenvalue weighted by Crippen LogP contribution is -2.30. The lowest BCUT2D eigenvalue weighted by atomic mass is 10.0. The number of unbranched alkanes of at least 4 members (excludes halogenated alkanes) is 28. The molecule has 0 N–H and O–H groups in total. The number of carbonyl (C=O) groups excluding carboxylic acids is 3. The first-order valence-corrected chi connectivity index (χ1v) is 24.2. The molecule has 0 saturated heterocycles. The van der Waals surface area contributed by atoms with E-state index in [1.54, 1.807) is 0 Å². The van der Waals surface area contributed by atoms with E-state index in [-0.39, 0.29) is 31.1 Å². The van der Waals surface area contributed by atoms with Crippen LogP contribution in [0.15, 0.2) is 0 Å². The van der Waals surface area contributed by atoms with Gasteiger partial charge in [0, 0.05) is 19.3 Å². The van der Waals surface area contributed by atoms with Gasteiger partial charge >= 0.3 is 17.9 Å². The van der Waals surface area contributed by atoms with Crippen LogP contribution in [0.2, 0.25) is 0 Å². The van der Waals surface area contributed by atoms with Crippen molar-refractivity contribution < 1.29 is 28.6 Å². The van der Waals surface area contributed by atoms with E-state index < -0.39 is 6.10 Å². The van der Waals surface area contributed by atoms with Crippen molar-refractivity contribution in [2.45, 2.75) is 272 Å². The van der Waals surface area contributed by atoms with E-state index in [2.05, 4.69) is 34.6 Å². The molecule has 0 aliphatic rings. The highest BCUT2D eigenvalue weighted by Gasteiger charge is 2.19. The summed E-state index contributed by atoms with van der Waals surface area (Å²) < 4.78 is 16.7. The molecule has 1 atom stereocenters. The molecule has 0 aromatic heterocycles. The minimum atomic E-state index is -0.761. The van der Waals surface area contributed by atoms with Crippen molar-refractivity contribution in [1.29, 1.82) is 0 Å². The summed E-state index contributed by atoms with van der Waals surface area (Å²) in [6.07, 6.45) is 41.0. The summed E-state index contributed by atoms with van der Waals surface area (Å²) in [5.41, 5.74) is 0. The first-order chi connectivity index (χ1) is 26.7. The third-order valence-electron chi connectivity index (χ3n) is 11.0. The molecule has 55 heavy (non-hydrogen) atoms. The highest BCUT2D eigenvalue weighted by atomic mass is 16.6. The molecule has 0 amide bonds. The Bertz CT molecular complexity index is 839. The number of hydrogen-bond acceptors (Lipinski definition) is 6. The quantitative estimate of drug-likeness (QED) is 0.0348. The van der Waals surface area contributed by atoms with Gasteiger partial charge < -0.3 is 14.2 Å². The highest BCUT2D eigenvalue weighted by Crippen LogP contribution is 2.17. The van der Waals surface area contributed by atoms with Gasteiger partial charge in [0.25, 0.3) is 0 Å². The molecule has 0 saturated carbocycles. The van der Waals surface area contributed by atoms with Crippen LogP contribution in [0.3, 0.4) is 0 Å². The second-order valence-electron chi connectivity index (χ2n) is 17.7. The van der Waals surface area contributed by atoms with Gasteiger partial charge in [-0.3, -0.25) is 14.4 Å². The van der Waals surface area contributed by atoms with Crippen molar-refractivity contribution in [2.75, 3.05) is 13.2 Å². The molecule has 0 rings (SSSR count). The Labute approximate surface area is 342 Å². The van der Waals surface area contributed by atoms with Crippen LogP contribution in [-0.2, 0) is 28.6 Å². The van der Waals surface area contributed by atoms with Crippen molar-refractivity contribution >= 4 is 17.9 Å². The van der Waals surface area contributed by atoms with Crippen LogP contribution >= 0.6 is 0 Å². The van der Waals surface area contributed by atoms with Gasteiger partial charge in [-0.2, -0.15) is 0 Å². The first-order valence-electron chi connectivity index (χ1n) is 24.2. The predicted octanol–water partition coefficient (Wildman–Crippen LogP) is 15.4. The molecule has 0 aliphatic carbocycles. The normalized spacial score (nSPS) is 12.1. The summed E-state index contributed by atoms with van der Waals surface area (Å²) in [5.74, 6) is 0.746. The van der Waals surface area contributed by atoms with Crippen molar-refractivity contribution in [3.63, 3.8) is 0 Å². The summed E-state index contributed by atoms with van der Waals surface area (Å²) >= 11 is 0. The van der Waals surface area contributed by atoms with Crippen LogP contribution < -0.4 is 0 Å². The van der Waals surface area contributed by atoms with Gasteiger partial charge in [-0.05, 0) is 31.1 Å². The fourth-order valence-electron chi connectivity index (χ4n) is 7.28. The largest absolute Gasteiger partial charge is 0.462 e. The predicted molar refractivity (Wildman–Crippen MR) is 233 cm³/mol. The number of esters is 3. The Balaban J connectivity index is 4.27. The second-order valence-corrected chi connectivity index (χ2v) is 17.7. The zero-order valence-electron chi connectivity index (χ0n) is 37.6. The van der Waals surface area contributed by atoms with Gasteiger partial charge in [-0.25, -0.2) is 0 Å². The van der Waals surface area contributed by atoms with Crippen molar-refractivity contribution in [3.05, 3.63) is 0 Å². The van der Waals surface area contributed by atoms with E-state index in [1.165, 1.54) is 154 Å². The van der Waals surface area contributed by atoms with Crippen molar-refractivity contribution in [1.82, 2.24) is 0 Å². The molecule has 6 heteroatoms. The molecule has 0 spiro atoms. The summed E-state index contributed by atoms with van der Waals surface area (Å²) in [6, 6.07) is 0. The van der Waals surface area contributed by atoms with Crippen LogP contribution in [0.5, 0.6) is 0 Å². The van der Waals surface area contributed by atoms with Gasteiger partial charge in [-0.1, -0.05) is 227 Å². The van der Waals surface area contributed by atoms with E-state index >= 15 is 0 Å². The maximum atomic E-state index is 12.7. The van der Waals surface area contributed by atoms with Crippen LogP contribution in [0.25, 0.3) is 0 Å². The highest BCUT2D eigenvalue weighted by molar-refractivity contribution is 5.71. The number of carbonyl (C=O) groups is 3. The van der Waals surface area contributed by atoms with E-state index in [1.807, 2.05) is 0 Å². The number of hydrogen-bond donors (Lipinski definition) is 0. The van der Waals surface area contributed by atoms with E-state index in [0.717, 1.165) is 69.6 Å². The van der Waals surface area contributed by atoms with Gasteiger partial charge in [0.05, 0.1) is 0 Å². The molecular weight excluding hydrogens is 685 g/mol. The fourth-order valence-corrected chi connectivity index (χ4v) is 7.28. The molecule has 0 unspecified atom stereocenters. The monoisotopic (exact) mass is 779 g/mol. The first kappa shape index (κ1) is 53.4. The average Bonchev–Trinajstić information content (AvgIpc) is 3.15. The fraction of sp³-hybridized carbons (Fsp3) is 0.939. The van der Waals surface area contributed by atoms with Gasteiger partial charge in [0.2, 0.25) is 0 Å². The standard InChI is InChI=1S/C49H94O6/c1-6-7-8-9-10-11-12-17-21-24-31-36-41-49(52)55-46(43-54-48(51)40-35-30-26-25-28-33-38-45(4)5)42-53-47(50)39-34-29-23-20-18-15-13-14-16-19-22-27-32-37-44(2)3/h44-46H,6-43H2,1-5H3/t46-/m1/s1. The zero-order chi connectivity index (χ0) is 40.5. The van der Waals surface area contributed by atoms with Crippen LogP contribution in [0.1, 0.15) is 266 Å². The zero-order valence-corrected chi connectivity index (χ0v) is 37.6. The number of ether oxygens (including phenoxy) is 3. The second kappa shape index (κ2) is 42.0. The van der Waals surface area contributed by atoms with Crippen LogP contribution in [0.4, 0.5) is 0 Å². The summed E-state index contributed by atoms with van der Waals surface area (Å²) in [6.45, 7) is 11.3. The Morgan fingerprint density at radius 2 is 0.600 bits per heavy atom. The minimum absolute atomic E-state index is 0.0649. The maximum Gasteiger partial charge on any atom is 0.306 e. The Morgan fingerprint density at radius 1 is 0.345 bits per heavy atom. The summed E-state index contributed by atoms with van der Waals surface area (Å²) in [4.78, 5) is 37.7. The third-order valence-corrected chi connectivity index (χ3v) is 11.0. The van der Waals surface area contributed by atoms with E-state index in [4.69, 9.17) is 14.2 Å². The smallest absolute Gasteiger partial charge is 0.306 e. The molecule has 0 aromatic rings. The molecule has 326 valence electrons. The molecule has 0 aromatic carbocycles. The lowest BCUT2D eigenvalue weighted by Gasteiger charge is -2.18. The molecule has 0 fully saturated rings. The van der Waals surface area contributed by atoms with E-state index in [9.17, 15) is 14.4 Å².